The Balaban J connectivity index is 2.13. The standard InChI is InChI=1S/C16H18O3/c1-11-3-5-13(6-4-11)14-7-12(8-15(17)10-14)9-16(18)19-2/h3-6,8,14H,7,9-10H2,1-2H3/t14-/m0/s1. The second kappa shape index (κ2) is 5.83. The number of ether oxygens (including phenoxy) is 1. The zero-order chi connectivity index (χ0) is 13.8. The molecule has 0 aliphatic heterocycles. The van der Waals surface area contributed by atoms with Crippen LogP contribution in [0.25, 0.3) is 0 Å². The Morgan fingerprint density at radius 2 is 1.95 bits per heavy atom. The highest BCUT2D eigenvalue weighted by atomic mass is 16.5. The number of benzene rings is 1. The van der Waals surface area contributed by atoms with Gasteiger partial charge in [-0.15, -0.1) is 0 Å². The number of esters is 1. The summed E-state index contributed by atoms with van der Waals surface area (Å²) in [6, 6.07) is 8.24. The summed E-state index contributed by atoms with van der Waals surface area (Å²) < 4.78 is 4.65. The molecule has 0 bridgehead atoms. The van der Waals surface area contributed by atoms with Crippen molar-refractivity contribution >= 4 is 11.8 Å². The van der Waals surface area contributed by atoms with E-state index in [-0.39, 0.29) is 24.1 Å². The maximum atomic E-state index is 11.8. The minimum absolute atomic E-state index is 0.0933. The lowest BCUT2D eigenvalue weighted by Crippen LogP contribution is -2.15. The summed E-state index contributed by atoms with van der Waals surface area (Å²) in [6.45, 7) is 2.04. The van der Waals surface area contributed by atoms with Crippen LogP contribution in [0.5, 0.6) is 0 Å². The molecule has 1 aliphatic carbocycles. The van der Waals surface area contributed by atoms with Crippen LogP contribution < -0.4 is 0 Å². The lowest BCUT2D eigenvalue weighted by Gasteiger charge is -2.22. The quantitative estimate of drug-likeness (QED) is 0.783. The van der Waals surface area contributed by atoms with E-state index >= 15 is 0 Å². The maximum absolute atomic E-state index is 11.8. The Bertz CT molecular complexity index is 511. The number of methoxy groups -OCH3 is 1. The number of ketones is 1. The van der Waals surface area contributed by atoms with E-state index in [0.717, 1.165) is 17.6 Å². The van der Waals surface area contributed by atoms with Gasteiger partial charge in [0.15, 0.2) is 5.78 Å². The third-order valence-electron chi connectivity index (χ3n) is 3.47. The van der Waals surface area contributed by atoms with E-state index < -0.39 is 0 Å². The molecule has 3 nitrogen and oxygen atoms in total. The van der Waals surface area contributed by atoms with Crippen molar-refractivity contribution in [3.63, 3.8) is 0 Å². The normalized spacial score (nSPS) is 18.9. The molecule has 0 fully saturated rings. The third-order valence-corrected chi connectivity index (χ3v) is 3.47. The zero-order valence-electron chi connectivity index (χ0n) is 11.3. The fourth-order valence-corrected chi connectivity index (χ4v) is 2.43. The van der Waals surface area contributed by atoms with Crippen molar-refractivity contribution in [1.29, 1.82) is 0 Å². The van der Waals surface area contributed by atoms with E-state index in [9.17, 15) is 9.59 Å². The van der Waals surface area contributed by atoms with Gasteiger partial charge in [-0.05, 0) is 30.9 Å². The SMILES string of the molecule is COC(=O)CC1=CC(=O)C[C@@H](c2ccc(C)cc2)C1. The smallest absolute Gasteiger partial charge is 0.309 e. The van der Waals surface area contributed by atoms with Crippen LogP contribution in [-0.4, -0.2) is 18.9 Å². The van der Waals surface area contributed by atoms with Crippen molar-refractivity contribution in [2.75, 3.05) is 7.11 Å². The molecule has 1 aliphatic rings. The first-order valence-electron chi connectivity index (χ1n) is 6.44. The first-order chi connectivity index (χ1) is 9.08. The van der Waals surface area contributed by atoms with Gasteiger partial charge in [-0.3, -0.25) is 9.59 Å². The van der Waals surface area contributed by atoms with Crippen LogP contribution in [0.15, 0.2) is 35.9 Å². The summed E-state index contributed by atoms with van der Waals surface area (Å²) in [4.78, 5) is 23.1. The van der Waals surface area contributed by atoms with Crippen LogP contribution in [0, 0.1) is 6.92 Å². The summed E-state index contributed by atoms with van der Waals surface area (Å²) in [6.07, 6.45) is 3.09. The van der Waals surface area contributed by atoms with Crippen LogP contribution in [0.3, 0.4) is 0 Å². The minimum Gasteiger partial charge on any atom is -0.469 e. The van der Waals surface area contributed by atoms with Gasteiger partial charge >= 0.3 is 5.97 Å². The van der Waals surface area contributed by atoms with Crippen molar-refractivity contribution < 1.29 is 14.3 Å². The lowest BCUT2D eigenvalue weighted by molar-refractivity contribution is -0.139. The first kappa shape index (κ1) is 13.5. The topological polar surface area (TPSA) is 43.4 Å². The highest BCUT2D eigenvalue weighted by molar-refractivity contribution is 5.93. The number of aryl methyl sites for hydroxylation is 1. The minimum atomic E-state index is -0.288. The second-order valence-electron chi connectivity index (χ2n) is 5.04. The molecule has 3 heteroatoms. The van der Waals surface area contributed by atoms with Gasteiger partial charge in [0.25, 0.3) is 0 Å². The molecule has 1 atom stereocenters. The summed E-state index contributed by atoms with van der Waals surface area (Å²) in [5.41, 5.74) is 3.24. The average Bonchev–Trinajstić information content (AvgIpc) is 2.38. The Morgan fingerprint density at radius 1 is 1.26 bits per heavy atom. The largest absolute Gasteiger partial charge is 0.469 e. The van der Waals surface area contributed by atoms with Gasteiger partial charge < -0.3 is 4.74 Å². The molecule has 0 heterocycles. The highest BCUT2D eigenvalue weighted by Gasteiger charge is 2.23. The van der Waals surface area contributed by atoms with E-state index in [1.807, 2.05) is 6.92 Å². The van der Waals surface area contributed by atoms with Crippen molar-refractivity contribution in [3.8, 4) is 0 Å². The van der Waals surface area contributed by atoms with Crippen LogP contribution in [0.1, 0.15) is 36.3 Å². The Labute approximate surface area is 113 Å². The number of allylic oxidation sites excluding steroid dienone is 1. The highest BCUT2D eigenvalue weighted by Crippen LogP contribution is 2.32. The molecular formula is C16H18O3. The van der Waals surface area contributed by atoms with E-state index in [4.69, 9.17) is 0 Å². The van der Waals surface area contributed by atoms with Gasteiger partial charge in [-0.25, -0.2) is 0 Å². The molecule has 0 radical (unpaired) electrons. The summed E-state index contributed by atoms with van der Waals surface area (Å²) in [5.74, 6) is -0.0166. The number of carbonyl (C=O) groups excluding carboxylic acids is 2. The molecule has 19 heavy (non-hydrogen) atoms. The fourth-order valence-electron chi connectivity index (χ4n) is 2.43. The maximum Gasteiger partial charge on any atom is 0.309 e. The van der Waals surface area contributed by atoms with Crippen LogP contribution in [0.2, 0.25) is 0 Å². The van der Waals surface area contributed by atoms with Crippen LogP contribution in [-0.2, 0) is 14.3 Å². The molecule has 0 aromatic heterocycles. The zero-order valence-corrected chi connectivity index (χ0v) is 11.3. The molecule has 100 valence electrons. The Hall–Kier alpha value is -1.90. The Kier molecular flexibility index (Phi) is 4.15. The van der Waals surface area contributed by atoms with Gasteiger partial charge in [-0.1, -0.05) is 35.4 Å². The summed E-state index contributed by atoms with van der Waals surface area (Å²) in [7, 11) is 1.37. The third kappa shape index (κ3) is 3.53. The predicted octanol–water partition coefficient (Wildman–Crippen LogP) is 2.93. The van der Waals surface area contributed by atoms with Gasteiger partial charge in [0, 0.05) is 6.42 Å². The molecule has 1 aromatic carbocycles. The number of hydrogen-bond donors (Lipinski definition) is 0. The van der Waals surface area contributed by atoms with Gasteiger partial charge in [0.2, 0.25) is 0 Å². The Morgan fingerprint density at radius 3 is 2.58 bits per heavy atom. The molecule has 0 unspecified atom stereocenters. The van der Waals surface area contributed by atoms with Crippen LogP contribution in [0.4, 0.5) is 0 Å². The van der Waals surface area contributed by atoms with Crippen molar-refractivity contribution in [3.05, 3.63) is 47.0 Å². The second-order valence-corrected chi connectivity index (χ2v) is 5.04. The van der Waals surface area contributed by atoms with Crippen molar-refractivity contribution in [1.82, 2.24) is 0 Å². The summed E-state index contributed by atoms with van der Waals surface area (Å²) in [5, 5.41) is 0. The molecule has 0 saturated heterocycles. The van der Waals surface area contributed by atoms with E-state index in [1.54, 1.807) is 6.08 Å². The molecule has 1 aromatic rings. The van der Waals surface area contributed by atoms with Crippen molar-refractivity contribution in [2.24, 2.45) is 0 Å². The van der Waals surface area contributed by atoms with Gasteiger partial charge in [-0.2, -0.15) is 0 Å². The van der Waals surface area contributed by atoms with Gasteiger partial charge in [0.1, 0.15) is 0 Å². The first-order valence-corrected chi connectivity index (χ1v) is 6.44. The average molecular weight is 258 g/mol. The molecule has 0 saturated carbocycles. The van der Waals surface area contributed by atoms with E-state index in [1.165, 1.54) is 12.7 Å². The number of rotatable bonds is 3. The van der Waals surface area contributed by atoms with E-state index in [2.05, 4.69) is 29.0 Å². The fraction of sp³-hybridized carbons (Fsp3) is 0.375. The van der Waals surface area contributed by atoms with E-state index in [0.29, 0.717) is 6.42 Å². The summed E-state index contributed by atoms with van der Waals surface area (Å²) >= 11 is 0. The van der Waals surface area contributed by atoms with Gasteiger partial charge in [0.05, 0.1) is 13.5 Å². The lowest BCUT2D eigenvalue weighted by atomic mass is 9.82. The van der Waals surface area contributed by atoms with Crippen molar-refractivity contribution in [2.45, 2.75) is 32.1 Å². The number of hydrogen-bond acceptors (Lipinski definition) is 3. The molecular weight excluding hydrogens is 240 g/mol. The number of carbonyl (C=O) groups is 2. The monoisotopic (exact) mass is 258 g/mol. The molecule has 0 amide bonds. The molecule has 0 N–H and O–H groups in total. The van der Waals surface area contributed by atoms with Crippen LogP contribution >= 0.6 is 0 Å². The molecule has 0 spiro atoms. The molecule has 2 rings (SSSR count). The predicted molar refractivity (Wildman–Crippen MR) is 72.9 cm³/mol.